The minimum atomic E-state index is -0.519. The summed E-state index contributed by atoms with van der Waals surface area (Å²) >= 11 is 3.36. The van der Waals surface area contributed by atoms with Crippen LogP contribution in [-0.4, -0.2) is 18.7 Å². The lowest BCUT2D eigenvalue weighted by atomic mass is 10.2. The van der Waals surface area contributed by atoms with Crippen LogP contribution in [0.1, 0.15) is 26.7 Å². The maximum atomic E-state index is 11.7. The summed E-state index contributed by atoms with van der Waals surface area (Å²) in [6.07, 6.45) is 1.01. The van der Waals surface area contributed by atoms with Gasteiger partial charge < -0.3 is 9.47 Å². The number of hydrogen-bond acceptors (Lipinski definition) is 3. The fourth-order valence-electron chi connectivity index (χ4n) is 1.43. The highest BCUT2D eigenvalue weighted by molar-refractivity contribution is 9.10. The van der Waals surface area contributed by atoms with Gasteiger partial charge in [-0.05, 0) is 31.5 Å². The fraction of sp³-hybridized carbons (Fsp3) is 0.462. The second-order valence-electron chi connectivity index (χ2n) is 3.60. The Labute approximate surface area is 110 Å². The summed E-state index contributed by atoms with van der Waals surface area (Å²) in [5.41, 5.74) is 0. The minimum Gasteiger partial charge on any atom is -0.479 e. The van der Waals surface area contributed by atoms with Crippen LogP contribution in [0.5, 0.6) is 5.75 Å². The molecule has 0 radical (unpaired) electrons. The van der Waals surface area contributed by atoms with Gasteiger partial charge in [-0.2, -0.15) is 0 Å². The van der Waals surface area contributed by atoms with Crippen LogP contribution < -0.4 is 4.74 Å². The molecule has 3 nitrogen and oxygen atoms in total. The summed E-state index contributed by atoms with van der Waals surface area (Å²) in [6.45, 7) is 4.18. The lowest BCUT2D eigenvalue weighted by Gasteiger charge is -2.17. The summed E-state index contributed by atoms with van der Waals surface area (Å²) < 4.78 is 11.6. The van der Waals surface area contributed by atoms with E-state index in [1.807, 2.05) is 31.2 Å². The van der Waals surface area contributed by atoms with Crippen LogP contribution in [0.3, 0.4) is 0 Å². The summed E-state index contributed by atoms with van der Waals surface area (Å²) in [7, 11) is 0. The Morgan fingerprint density at radius 3 is 2.76 bits per heavy atom. The minimum absolute atomic E-state index is 0.297. The van der Waals surface area contributed by atoms with Gasteiger partial charge in [-0.15, -0.1) is 0 Å². The standard InChI is InChI=1S/C13H17BrO3/c1-3-6-12(13(15)16-4-2)17-11-8-5-7-10(14)9-11/h5,7-9,12H,3-4,6H2,1-2H3. The molecule has 0 amide bonds. The smallest absolute Gasteiger partial charge is 0.347 e. The Morgan fingerprint density at radius 2 is 2.18 bits per heavy atom. The number of esters is 1. The number of halogens is 1. The fourth-order valence-corrected chi connectivity index (χ4v) is 1.81. The van der Waals surface area contributed by atoms with Crippen molar-refractivity contribution in [1.82, 2.24) is 0 Å². The van der Waals surface area contributed by atoms with Crippen molar-refractivity contribution in [3.63, 3.8) is 0 Å². The lowest BCUT2D eigenvalue weighted by molar-refractivity contribution is -0.151. The molecule has 0 saturated heterocycles. The summed E-state index contributed by atoms with van der Waals surface area (Å²) in [4.78, 5) is 11.7. The number of hydrogen-bond donors (Lipinski definition) is 0. The average Bonchev–Trinajstić information content (AvgIpc) is 2.29. The molecule has 0 fully saturated rings. The van der Waals surface area contributed by atoms with Crippen LogP contribution in [0.2, 0.25) is 0 Å². The van der Waals surface area contributed by atoms with Gasteiger partial charge in [0.2, 0.25) is 0 Å². The first-order valence-electron chi connectivity index (χ1n) is 5.76. The maximum absolute atomic E-state index is 11.7. The third kappa shape index (κ3) is 4.77. The molecule has 0 aliphatic heterocycles. The molecule has 17 heavy (non-hydrogen) atoms. The first-order valence-corrected chi connectivity index (χ1v) is 6.55. The second-order valence-corrected chi connectivity index (χ2v) is 4.52. The zero-order valence-electron chi connectivity index (χ0n) is 10.1. The predicted molar refractivity (Wildman–Crippen MR) is 70.1 cm³/mol. The number of benzene rings is 1. The molecule has 0 spiro atoms. The summed E-state index contributed by atoms with van der Waals surface area (Å²) in [6, 6.07) is 7.44. The van der Waals surface area contributed by atoms with Gasteiger partial charge in [0, 0.05) is 4.47 Å². The van der Waals surface area contributed by atoms with E-state index < -0.39 is 6.10 Å². The van der Waals surface area contributed by atoms with Gasteiger partial charge in [-0.25, -0.2) is 4.79 Å². The highest BCUT2D eigenvalue weighted by atomic mass is 79.9. The summed E-state index contributed by atoms with van der Waals surface area (Å²) in [5, 5.41) is 0. The molecule has 94 valence electrons. The van der Waals surface area contributed by atoms with Crippen LogP contribution in [0.4, 0.5) is 0 Å². The number of carbonyl (C=O) groups excluding carboxylic acids is 1. The zero-order chi connectivity index (χ0) is 12.7. The Kier molecular flexibility index (Phi) is 6.05. The van der Waals surface area contributed by atoms with E-state index in [4.69, 9.17) is 9.47 Å². The van der Waals surface area contributed by atoms with Crippen LogP contribution in [0.25, 0.3) is 0 Å². The molecule has 1 aromatic rings. The largest absolute Gasteiger partial charge is 0.479 e. The van der Waals surface area contributed by atoms with Gasteiger partial charge >= 0.3 is 5.97 Å². The normalized spacial score (nSPS) is 11.9. The quantitative estimate of drug-likeness (QED) is 0.754. The van der Waals surface area contributed by atoms with E-state index in [0.717, 1.165) is 10.9 Å². The second kappa shape index (κ2) is 7.33. The van der Waals surface area contributed by atoms with Crippen molar-refractivity contribution in [3.05, 3.63) is 28.7 Å². The van der Waals surface area contributed by atoms with Crippen LogP contribution in [0.15, 0.2) is 28.7 Å². The van der Waals surface area contributed by atoms with Gasteiger partial charge in [0.05, 0.1) is 6.61 Å². The van der Waals surface area contributed by atoms with Gasteiger partial charge in [0.1, 0.15) is 5.75 Å². The molecule has 0 saturated carbocycles. The molecule has 0 aliphatic carbocycles. The molecule has 1 unspecified atom stereocenters. The van der Waals surface area contributed by atoms with Gasteiger partial charge in [-0.1, -0.05) is 35.3 Å². The number of rotatable bonds is 6. The van der Waals surface area contributed by atoms with Crippen molar-refractivity contribution in [2.75, 3.05) is 6.61 Å². The molecule has 0 aliphatic rings. The first-order chi connectivity index (χ1) is 8.17. The molecule has 0 heterocycles. The first kappa shape index (κ1) is 14.0. The van der Waals surface area contributed by atoms with Crippen LogP contribution >= 0.6 is 15.9 Å². The molecule has 0 aromatic heterocycles. The SMILES string of the molecule is CCCC(Oc1cccc(Br)c1)C(=O)OCC. The van der Waals surface area contributed by atoms with E-state index >= 15 is 0 Å². The Morgan fingerprint density at radius 1 is 1.41 bits per heavy atom. The van der Waals surface area contributed by atoms with Crippen molar-refractivity contribution in [1.29, 1.82) is 0 Å². The lowest BCUT2D eigenvalue weighted by Crippen LogP contribution is -2.29. The zero-order valence-corrected chi connectivity index (χ0v) is 11.7. The van der Waals surface area contributed by atoms with E-state index in [1.54, 1.807) is 6.92 Å². The average molecular weight is 301 g/mol. The number of ether oxygens (including phenoxy) is 2. The van der Waals surface area contributed by atoms with Crippen molar-refractivity contribution < 1.29 is 14.3 Å². The molecule has 1 aromatic carbocycles. The number of carbonyl (C=O) groups is 1. The van der Waals surface area contributed by atoms with E-state index in [9.17, 15) is 4.79 Å². The third-order valence-electron chi connectivity index (χ3n) is 2.17. The van der Waals surface area contributed by atoms with E-state index in [1.165, 1.54) is 0 Å². The molecular weight excluding hydrogens is 284 g/mol. The van der Waals surface area contributed by atoms with Gasteiger partial charge in [0.15, 0.2) is 6.10 Å². The topological polar surface area (TPSA) is 35.5 Å². The molecule has 1 rings (SSSR count). The highest BCUT2D eigenvalue weighted by Gasteiger charge is 2.20. The Balaban J connectivity index is 2.69. The van der Waals surface area contributed by atoms with Crippen molar-refractivity contribution in [3.8, 4) is 5.75 Å². The van der Waals surface area contributed by atoms with E-state index in [-0.39, 0.29) is 5.97 Å². The van der Waals surface area contributed by atoms with Crippen molar-refractivity contribution in [2.24, 2.45) is 0 Å². The van der Waals surface area contributed by atoms with E-state index in [2.05, 4.69) is 15.9 Å². The van der Waals surface area contributed by atoms with Crippen molar-refractivity contribution >= 4 is 21.9 Å². The van der Waals surface area contributed by atoms with Gasteiger partial charge in [-0.3, -0.25) is 0 Å². The highest BCUT2D eigenvalue weighted by Crippen LogP contribution is 2.20. The van der Waals surface area contributed by atoms with Crippen LogP contribution in [-0.2, 0) is 9.53 Å². The molecule has 1 atom stereocenters. The van der Waals surface area contributed by atoms with E-state index in [0.29, 0.717) is 18.8 Å². The summed E-state index contributed by atoms with van der Waals surface area (Å²) in [5.74, 6) is 0.375. The maximum Gasteiger partial charge on any atom is 0.347 e. The van der Waals surface area contributed by atoms with Crippen LogP contribution in [0, 0.1) is 0 Å². The third-order valence-corrected chi connectivity index (χ3v) is 2.67. The predicted octanol–water partition coefficient (Wildman–Crippen LogP) is 3.56. The monoisotopic (exact) mass is 300 g/mol. The molecule has 0 N–H and O–H groups in total. The molecule has 4 heteroatoms. The Hall–Kier alpha value is -1.03. The van der Waals surface area contributed by atoms with Gasteiger partial charge in [0.25, 0.3) is 0 Å². The van der Waals surface area contributed by atoms with Crippen molar-refractivity contribution in [2.45, 2.75) is 32.8 Å². The molecule has 0 bridgehead atoms. The molecular formula is C13H17BrO3. The Bertz CT molecular complexity index is 365.